The van der Waals surface area contributed by atoms with Gasteiger partial charge in [-0.25, -0.2) is 4.39 Å². The fraction of sp³-hybridized carbons (Fsp3) is 0.294. The van der Waals surface area contributed by atoms with Crippen molar-refractivity contribution in [1.29, 1.82) is 0 Å². The van der Waals surface area contributed by atoms with Gasteiger partial charge < -0.3 is 34.7 Å². The van der Waals surface area contributed by atoms with E-state index in [0.717, 1.165) is 19.3 Å². The fourth-order valence-corrected chi connectivity index (χ4v) is 5.11. The quantitative estimate of drug-likeness (QED) is 0.112. The number of carboxylic acids is 1. The molecule has 1 heterocycles. The molecule has 1 aromatic heterocycles. The van der Waals surface area contributed by atoms with E-state index in [-0.39, 0.29) is 41.0 Å². The van der Waals surface area contributed by atoms with E-state index in [9.17, 15) is 23.9 Å². The molecule has 2 amide bonds. The van der Waals surface area contributed by atoms with E-state index in [0.29, 0.717) is 71.1 Å². The number of carbonyl (C=O) groups excluding carboxylic acids is 3. The number of carboxylic acid groups (broad SMARTS) is 1. The summed E-state index contributed by atoms with van der Waals surface area (Å²) in [5, 5.41) is 16.9. The summed E-state index contributed by atoms with van der Waals surface area (Å²) >= 11 is 6.55. The van der Waals surface area contributed by atoms with E-state index in [1.807, 2.05) is 0 Å². The molecule has 0 bridgehead atoms. The normalized spacial score (nSPS) is 12.8. The van der Waals surface area contributed by atoms with Crippen LogP contribution in [0.15, 0.2) is 66.9 Å². The predicted molar refractivity (Wildman–Crippen MR) is 169 cm³/mol. The Morgan fingerprint density at radius 1 is 0.872 bits per heavy atom. The van der Waals surface area contributed by atoms with Gasteiger partial charge in [0.05, 0.1) is 24.3 Å². The summed E-state index contributed by atoms with van der Waals surface area (Å²) in [5.74, 6) is -0.565. The predicted octanol–water partition coefficient (Wildman–Crippen LogP) is 3.27. The molecule has 0 unspecified atom stereocenters. The zero-order valence-corrected chi connectivity index (χ0v) is 28.8. The molecule has 240 valence electrons. The van der Waals surface area contributed by atoms with Crippen LogP contribution in [0.25, 0.3) is 10.9 Å². The summed E-state index contributed by atoms with van der Waals surface area (Å²) in [5.41, 5.74) is 0.189. The topological polar surface area (TPSA) is 139 Å². The summed E-state index contributed by atoms with van der Waals surface area (Å²) in [6.45, 7) is 0.432. The number of carbonyl (C=O) groups is 3. The number of aromatic nitrogens is 1. The number of hydrogen-bond acceptors (Lipinski definition) is 8. The Kier molecular flexibility index (Phi) is 12.4. The van der Waals surface area contributed by atoms with Crippen molar-refractivity contribution >= 4 is 51.7 Å². The molecule has 0 radical (unpaired) electrons. The average molecular weight is 672 g/mol. The largest absolute Gasteiger partial charge is 1.00 e. The molecule has 0 saturated heterocycles. The minimum atomic E-state index is -1.21. The molecule has 1 fully saturated rings. The first-order valence-corrected chi connectivity index (χ1v) is 15.2. The molecule has 47 heavy (non-hydrogen) atoms. The third-order valence-electron chi connectivity index (χ3n) is 7.65. The maximum absolute atomic E-state index is 13.2. The van der Waals surface area contributed by atoms with E-state index in [2.05, 4.69) is 15.6 Å². The molecule has 2 N–H and O–H groups in total. The van der Waals surface area contributed by atoms with Crippen LogP contribution >= 0.6 is 11.6 Å². The van der Waals surface area contributed by atoms with E-state index in [1.54, 1.807) is 36.5 Å². The molecule has 3 aromatic carbocycles. The Bertz CT molecular complexity index is 1750. The van der Waals surface area contributed by atoms with Crippen molar-refractivity contribution < 1.29 is 67.6 Å². The van der Waals surface area contributed by atoms with Gasteiger partial charge in [-0.2, -0.15) is 0 Å². The van der Waals surface area contributed by atoms with Crippen LogP contribution in [-0.4, -0.2) is 36.5 Å². The zero-order valence-electron chi connectivity index (χ0n) is 26.1. The van der Waals surface area contributed by atoms with Crippen molar-refractivity contribution in [2.75, 3.05) is 24.4 Å². The van der Waals surface area contributed by atoms with Gasteiger partial charge >= 0.3 is 29.6 Å². The number of halogens is 2. The van der Waals surface area contributed by atoms with Gasteiger partial charge in [0.15, 0.2) is 11.5 Å². The van der Waals surface area contributed by atoms with E-state index < -0.39 is 29.0 Å². The average Bonchev–Trinajstić information content (AvgIpc) is 3.85. The number of unbranched alkanes of at least 4 members (excludes halogenated alkanes) is 3. The fourth-order valence-electron chi connectivity index (χ4n) is 4.89. The number of fused-ring (bicyclic) bond motifs is 1. The number of rotatable bonds is 15. The van der Waals surface area contributed by atoms with Gasteiger partial charge in [0.1, 0.15) is 22.7 Å². The Hall–Kier alpha value is -3.90. The molecule has 0 spiro atoms. The molecular formula is C34H32ClFN3NaO7. The van der Waals surface area contributed by atoms with Crippen LogP contribution in [-0.2, 0) is 14.4 Å². The van der Waals surface area contributed by atoms with Gasteiger partial charge in [0, 0.05) is 35.0 Å². The van der Waals surface area contributed by atoms with Crippen molar-refractivity contribution in [3.8, 4) is 23.0 Å². The second-order valence-corrected chi connectivity index (χ2v) is 11.4. The van der Waals surface area contributed by atoms with Gasteiger partial charge in [-0.15, -0.1) is 0 Å². The number of ether oxygens (including phenoxy) is 3. The van der Waals surface area contributed by atoms with E-state index >= 15 is 0 Å². The summed E-state index contributed by atoms with van der Waals surface area (Å²) in [7, 11) is 1.53. The monoisotopic (exact) mass is 671 g/mol. The first-order valence-electron chi connectivity index (χ1n) is 14.8. The molecule has 1 aliphatic rings. The van der Waals surface area contributed by atoms with Gasteiger partial charge in [-0.05, 0) is 86.7 Å². The van der Waals surface area contributed by atoms with Gasteiger partial charge in [-0.1, -0.05) is 24.4 Å². The summed E-state index contributed by atoms with van der Waals surface area (Å²) in [4.78, 5) is 41.0. The van der Waals surface area contributed by atoms with E-state index in [4.69, 9.17) is 25.8 Å². The van der Waals surface area contributed by atoms with Crippen LogP contribution in [0, 0.1) is 11.2 Å². The molecule has 0 atom stereocenters. The molecule has 4 aromatic rings. The Labute approximate surface area is 298 Å². The number of hydrogen-bond donors (Lipinski definition) is 2. The number of pyridine rings is 1. The summed E-state index contributed by atoms with van der Waals surface area (Å²) < 4.78 is 30.8. The molecule has 5 rings (SSSR count). The maximum Gasteiger partial charge on any atom is 1.00 e. The molecule has 10 nitrogen and oxygen atoms in total. The number of nitrogens with one attached hydrogen (secondary N) is 2. The third-order valence-corrected chi connectivity index (χ3v) is 7.95. The van der Waals surface area contributed by atoms with Crippen molar-refractivity contribution in [1.82, 2.24) is 4.98 Å². The number of methoxy groups -OCH3 is 1. The van der Waals surface area contributed by atoms with Crippen molar-refractivity contribution in [2.24, 2.45) is 5.41 Å². The molecular weight excluding hydrogens is 640 g/mol. The third kappa shape index (κ3) is 9.13. The van der Waals surface area contributed by atoms with Crippen LogP contribution in [0.4, 0.5) is 15.8 Å². The maximum atomic E-state index is 13.2. The van der Waals surface area contributed by atoms with Crippen LogP contribution in [0.5, 0.6) is 23.0 Å². The van der Waals surface area contributed by atoms with Crippen molar-refractivity contribution in [3.05, 3.63) is 77.7 Å². The van der Waals surface area contributed by atoms with Crippen molar-refractivity contribution in [3.63, 3.8) is 0 Å². The first-order chi connectivity index (χ1) is 22.2. The second kappa shape index (κ2) is 16.3. The summed E-state index contributed by atoms with van der Waals surface area (Å²) in [6.07, 6.45) is 5.37. The zero-order chi connectivity index (χ0) is 32.7. The first kappa shape index (κ1) is 35.9. The van der Waals surface area contributed by atoms with Gasteiger partial charge in [-0.3, -0.25) is 14.6 Å². The minimum Gasteiger partial charge on any atom is -0.550 e. The van der Waals surface area contributed by atoms with Crippen molar-refractivity contribution in [2.45, 2.75) is 44.9 Å². The number of benzene rings is 3. The minimum absolute atomic E-state index is 0. The van der Waals surface area contributed by atoms with E-state index in [1.165, 1.54) is 37.4 Å². The molecule has 13 heteroatoms. The Balaban J connectivity index is 0.00000500. The molecule has 0 aliphatic heterocycles. The standard InChI is InChI=1S/C34H33ClFN3O7.Na/c1-44-29-19-24-26(20-30(29)45-17-5-3-2-4-6-31(40)41)37-16-13-27(24)46-28-12-11-23(18-25(28)35)39-33(43)34(14-15-34)32(42)38-22-9-7-21(36)8-10-22;/h7-13,16,18-20H,2-6,14-15,17H2,1H3,(H,38,42)(H,39,43)(H,40,41);/q;+1/p-1. The number of amides is 2. The van der Waals surface area contributed by atoms with Crippen LogP contribution in [0.2, 0.25) is 5.02 Å². The Morgan fingerprint density at radius 2 is 1.55 bits per heavy atom. The van der Waals surface area contributed by atoms with Gasteiger partial charge in [0.25, 0.3) is 0 Å². The molecule has 1 saturated carbocycles. The molecule has 1 aliphatic carbocycles. The number of anilines is 2. The Morgan fingerprint density at radius 3 is 2.21 bits per heavy atom. The van der Waals surface area contributed by atoms with Gasteiger partial charge in [0.2, 0.25) is 11.8 Å². The van der Waals surface area contributed by atoms with Crippen LogP contribution in [0.1, 0.15) is 44.9 Å². The number of nitrogens with zero attached hydrogens (tertiary/aromatic N) is 1. The second-order valence-electron chi connectivity index (χ2n) is 11.0. The smallest absolute Gasteiger partial charge is 0.550 e. The number of aliphatic carboxylic acids is 1. The SMILES string of the molecule is COc1cc2c(Oc3ccc(NC(=O)C4(C(=O)Nc5ccc(F)cc5)CC4)cc3Cl)ccnc2cc1OCCCCCCC(=O)[O-].[Na+]. The van der Waals surface area contributed by atoms with Crippen LogP contribution < -0.4 is 59.5 Å². The summed E-state index contributed by atoms with van der Waals surface area (Å²) in [6, 6.07) is 15.3. The van der Waals surface area contributed by atoms with Crippen LogP contribution in [0.3, 0.4) is 0 Å².